The van der Waals surface area contributed by atoms with Crippen LogP contribution in [0.2, 0.25) is 0 Å². The number of benzene rings is 2. The molecule has 118 valence electrons. The van der Waals surface area contributed by atoms with Gasteiger partial charge in [-0.05, 0) is 30.3 Å². The van der Waals surface area contributed by atoms with Crippen molar-refractivity contribution >= 4 is 10.9 Å². The van der Waals surface area contributed by atoms with Gasteiger partial charge >= 0.3 is 6.61 Å². The van der Waals surface area contributed by atoms with Gasteiger partial charge in [0.05, 0.1) is 18.0 Å². The second-order valence-corrected chi connectivity index (χ2v) is 4.68. The van der Waals surface area contributed by atoms with Crippen molar-refractivity contribution in [1.29, 1.82) is 0 Å². The van der Waals surface area contributed by atoms with Crippen LogP contribution in [0, 0.1) is 0 Å². The average molecular weight is 318 g/mol. The second kappa shape index (κ2) is 6.04. The smallest absolute Gasteiger partial charge is 0.387 e. The molecule has 0 atom stereocenters. The van der Waals surface area contributed by atoms with Crippen LogP contribution >= 0.6 is 0 Å². The van der Waals surface area contributed by atoms with Crippen molar-refractivity contribution in [2.75, 3.05) is 7.11 Å². The third-order valence-electron chi connectivity index (χ3n) is 3.27. The van der Waals surface area contributed by atoms with Crippen molar-refractivity contribution < 1.29 is 18.3 Å². The summed E-state index contributed by atoms with van der Waals surface area (Å²) in [5.74, 6) is 0.351. The molecule has 0 bridgehead atoms. The largest absolute Gasteiger partial charge is 0.493 e. The highest BCUT2D eigenvalue weighted by Crippen LogP contribution is 2.32. The van der Waals surface area contributed by atoms with Gasteiger partial charge in [-0.15, -0.1) is 0 Å². The van der Waals surface area contributed by atoms with E-state index >= 15 is 0 Å². The fourth-order valence-corrected chi connectivity index (χ4v) is 2.23. The van der Waals surface area contributed by atoms with Gasteiger partial charge in [0.15, 0.2) is 11.5 Å². The van der Waals surface area contributed by atoms with Gasteiger partial charge in [-0.2, -0.15) is 8.78 Å². The number of nitrogens with zero attached hydrogens (tertiary/aromatic N) is 1. The van der Waals surface area contributed by atoms with Crippen LogP contribution in [0.25, 0.3) is 22.3 Å². The first kappa shape index (κ1) is 15.0. The summed E-state index contributed by atoms with van der Waals surface area (Å²) >= 11 is 0. The zero-order chi connectivity index (χ0) is 16.4. The normalized spacial score (nSPS) is 11.0. The van der Waals surface area contributed by atoms with E-state index in [-0.39, 0.29) is 17.1 Å². The Labute approximate surface area is 129 Å². The number of fused-ring (bicyclic) bond motifs is 1. The van der Waals surface area contributed by atoms with Crippen molar-refractivity contribution in [2.24, 2.45) is 0 Å². The van der Waals surface area contributed by atoms with Gasteiger partial charge < -0.3 is 14.5 Å². The molecule has 0 unspecified atom stereocenters. The zero-order valence-corrected chi connectivity index (χ0v) is 12.0. The molecule has 0 saturated heterocycles. The Kier molecular flexibility index (Phi) is 3.92. The number of H-pyrrole nitrogens is 1. The maximum atomic E-state index is 12.4. The highest BCUT2D eigenvalue weighted by Gasteiger charge is 2.13. The molecule has 0 amide bonds. The lowest BCUT2D eigenvalue weighted by molar-refractivity contribution is -0.0512. The van der Waals surface area contributed by atoms with Gasteiger partial charge in [0.25, 0.3) is 5.56 Å². The van der Waals surface area contributed by atoms with Gasteiger partial charge in [0.1, 0.15) is 5.82 Å². The average Bonchev–Trinajstić information content (AvgIpc) is 2.54. The molecule has 0 fully saturated rings. The van der Waals surface area contributed by atoms with Crippen molar-refractivity contribution in [3.63, 3.8) is 0 Å². The minimum absolute atomic E-state index is 0.0885. The van der Waals surface area contributed by atoms with E-state index in [0.29, 0.717) is 22.3 Å². The second-order valence-electron chi connectivity index (χ2n) is 4.68. The first-order chi connectivity index (χ1) is 11.1. The summed E-state index contributed by atoms with van der Waals surface area (Å²) < 4.78 is 34.1. The number of para-hydroxylation sites is 1. The van der Waals surface area contributed by atoms with Gasteiger partial charge in [0, 0.05) is 5.56 Å². The lowest BCUT2D eigenvalue weighted by atomic mass is 10.1. The van der Waals surface area contributed by atoms with E-state index in [9.17, 15) is 13.6 Å². The summed E-state index contributed by atoms with van der Waals surface area (Å²) in [6.07, 6.45) is 0. The minimum Gasteiger partial charge on any atom is -0.493 e. The summed E-state index contributed by atoms with van der Waals surface area (Å²) in [5, 5.41) is 0.473. The molecule has 0 aliphatic carbocycles. The highest BCUT2D eigenvalue weighted by molar-refractivity contribution is 5.79. The summed E-state index contributed by atoms with van der Waals surface area (Å²) in [5.41, 5.74) is 0.780. The van der Waals surface area contributed by atoms with Crippen molar-refractivity contribution in [2.45, 2.75) is 6.61 Å². The first-order valence-electron chi connectivity index (χ1n) is 6.71. The molecule has 0 spiro atoms. The lowest BCUT2D eigenvalue weighted by Crippen LogP contribution is -2.09. The van der Waals surface area contributed by atoms with Crippen LogP contribution < -0.4 is 15.0 Å². The Morgan fingerprint density at radius 2 is 1.91 bits per heavy atom. The highest BCUT2D eigenvalue weighted by atomic mass is 19.3. The Morgan fingerprint density at radius 1 is 1.13 bits per heavy atom. The molecule has 1 N–H and O–H groups in total. The zero-order valence-electron chi connectivity index (χ0n) is 12.0. The number of nitrogens with one attached hydrogen (secondary N) is 1. The Morgan fingerprint density at radius 3 is 2.65 bits per heavy atom. The van der Waals surface area contributed by atoms with E-state index in [0.717, 1.165) is 0 Å². The van der Waals surface area contributed by atoms with Crippen molar-refractivity contribution in [3.8, 4) is 22.9 Å². The van der Waals surface area contributed by atoms with Crippen LogP contribution in [0.4, 0.5) is 8.78 Å². The van der Waals surface area contributed by atoms with Crippen molar-refractivity contribution in [1.82, 2.24) is 9.97 Å². The molecule has 0 aliphatic heterocycles. The molecule has 23 heavy (non-hydrogen) atoms. The number of hydrogen-bond acceptors (Lipinski definition) is 4. The summed E-state index contributed by atoms with van der Waals surface area (Å²) in [6.45, 7) is -2.95. The predicted octanol–water partition coefficient (Wildman–Crippen LogP) is 3.20. The number of methoxy groups -OCH3 is 1. The van der Waals surface area contributed by atoms with Gasteiger partial charge in [-0.25, -0.2) is 4.98 Å². The number of halogens is 2. The predicted molar refractivity (Wildman–Crippen MR) is 81.0 cm³/mol. The van der Waals surface area contributed by atoms with E-state index in [1.807, 2.05) is 0 Å². The molecule has 0 saturated carbocycles. The molecule has 3 rings (SSSR count). The van der Waals surface area contributed by atoms with Gasteiger partial charge in [0.2, 0.25) is 0 Å². The van der Waals surface area contributed by atoms with Gasteiger partial charge in [-0.3, -0.25) is 4.79 Å². The summed E-state index contributed by atoms with van der Waals surface area (Å²) in [7, 11) is 1.34. The Bertz CT molecular complexity index is 909. The molecule has 1 aromatic heterocycles. The van der Waals surface area contributed by atoms with Crippen LogP contribution in [0.3, 0.4) is 0 Å². The van der Waals surface area contributed by atoms with E-state index in [2.05, 4.69) is 14.7 Å². The topological polar surface area (TPSA) is 64.2 Å². The molecular formula is C16H12F2N2O3. The summed E-state index contributed by atoms with van der Waals surface area (Å²) in [4.78, 5) is 19.1. The maximum Gasteiger partial charge on any atom is 0.387 e. The van der Waals surface area contributed by atoms with Crippen LogP contribution in [0.5, 0.6) is 11.5 Å². The first-order valence-corrected chi connectivity index (χ1v) is 6.71. The quantitative estimate of drug-likeness (QED) is 0.802. The number of aromatic nitrogens is 2. The fourth-order valence-electron chi connectivity index (χ4n) is 2.23. The van der Waals surface area contributed by atoms with Crippen LogP contribution in [0.1, 0.15) is 0 Å². The summed E-state index contributed by atoms with van der Waals surface area (Å²) in [6, 6.07) is 11.3. The Balaban J connectivity index is 2.10. The third-order valence-corrected chi connectivity index (χ3v) is 3.27. The molecule has 0 radical (unpaired) electrons. The molecule has 1 heterocycles. The van der Waals surface area contributed by atoms with Crippen molar-refractivity contribution in [3.05, 3.63) is 52.8 Å². The lowest BCUT2D eigenvalue weighted by Gasteiger charge is -2.11. The molecule has 0 aliphatic rings. The molecular weight excluding hydrogens is 306 g/mol. The third kappa shape index (κ3) is 2.98. The van der Waals surface area contributed by atoms with Crippen LogP contribution in [-0.4, -0.2) is 23.7 Å². The number of aromatic amines is 1. The standard InChI is InChI=1S/C16H12F2N2O3/c1-22-13-8-9(6-7-12(13)23-16(17)18)14-19-11-5-3-2-4-10(11)15(21)20-14/h2-8,16H,1H3,(H,19,20,21). The minimum atomic E-state index is -2.95. The van der Waals surface area contributed by atoms with E-state index in [1.54, 1.807) is 24.3 Å². The number of alkyl halides is 2. The van der Waals surface area contributed by atoms with E-state index < -0.39 is 6.61 Å². The SMILES string of the molecule is COc1cc(-c2nc3ccccc3c(=O)[nH]2)ccc1OC(F)F. The Hall–Kier alpha value is -2.96. The van der Waals surface area contributed by atoms with Crippen LogP contribution in [0.15, 0.2) is 47.3 Å². The van der Waals surface area contributed by atoms with Crippen LogP contribution in [-0.2, 0) is 0 Å². The molecule has 5 nitrogen and oxygen atoms in total. The monoisotopic (exact) mass is 318 g/mol. The number of rotatable bonds is 4. The van der Waals surface area contributed by atoms with Gasteiger partial charge in [-0.1, -0.05) is 12.1 Å². The van der Waals surface area contributed by atoms with E-state index in [4.69, 9.17) is 4.74 Å². The number of hydrogen-bond donors (Lipinski definition) is 1. The maximum absolute atomic E-state index is 12.4. The molecule has 2 aromatic carbocycles. The molecule has 3 aromatic rings. The molecule has 7 heteroatoms. The van der Waals surface area contributed by atoms with E-state index in [1.165, 1.54) is 25.3 Å². The fraction of sp³-hybridized carbons (Fsp3) is 0.125. The number of ether oxygens (including phenoxy) is 2.